The minimum Gasteiger partial charge on any atom is -0.457 e. The highest BCUT2D eigenvalue weighted by molar-refractivity contribution is 6.30. The number of para-hydroxylation sites is 1. The zero-order valence-corrected chi connectivity index (χ0v) is 20.0. The van der Waals surface area contributed by atoms with E-state index >= 15 is 0 Å². The number of hydrogen-bond donors (Lipinski definition) is 2. The number of aryl methyl sites for hydroxylation is 1. The van der Waals surface area contributed by atoms with Gasteiger partial charge in [0.1, 0.15) is 23.1 Å². The average Bonchev–Trinajstić information content (AvgIpc) is 3.51. The van der Waals surface area contributed by atoms with Crippen molar-refractivity contribution in [3.63, 3.8) is 0 Å². The second-order valence-corrected chi connectivity index (χ2v) is 8.56. The van der Waals surface area contributed by atoms with E-state index < -0.39 is 5.82 Å². The molecule has 2 aromatic heterocycles. The first-order chi connectivity index (χ1) is 17.6. The molecule has 5 aromatic rings. The smallest absolute Gasteiger partial charge is 0.327 e. The maximum Gasteiger partial charge on any atom is 0.327 e. The molecule has 0 bridgehead atoms. The van der Waals surface area contributed by atoms with Crippen LogP contribution < -0.4 is 15.7 Å². The van der Waals surface area contributed by atoms with E-state index in [0.29, 0.717) is 42.3 Å². The molecule has 0 atom stereocenters. The lowest BCUT2D eigenvalue weighted by molar-refractivity contribution is 0.483. The Bertz CT molecular complexity index is 1500. The zero-order chi connectivity index (χ0) is 24.9. The molecule has 3 aromatic carbocycles. The molecular weight excluding hydrogens is 481 g/mol. The van der Waals surface area contributed by atoms with Crippen LogP contribution in [0.2, 0.25) is 5.02 Å². The molecule has 7 nitrogen and oxygen atoms in total. The Hall–Kier alpha value is -4.30. The molecule has 0 fully saturated rings. The highest BCUT2D eigenvalue weighted by Crippen LogP contribution is 2.31. The van der Waals surface area contributed by atoms with Crippen molar-refractivity contribution in [3.05, 3.63) is 113 Å². The highest BCUT2D eigenvalue weighted by atomic mass is 35.5. The van der Waals surface area contributed by atoms with E-state index in [1.165, 1.54) is 12.1 Å². The van der Waals surface area contributed by atoms with Crippen LogP contribution in [-0.4, -0.2) is 19.1 Å². The van der Waals surface area contributed by atoms with Crippen LogP contribution in [0.1, 0.15) is 6.42 Å². The second-order valence-electron chi connectivity index (χ2n) is 8.15. The van der Waals surface area contributed by atoms with Crippen molar-refractivity contribution < 1.29 is 9.13 Å². The summed E-state index contributed by atoms with van der Waals surface area (Å²) in [5.41, 5.74) is 1.52. The van der Waals surface area contributed by atoms with Gasteiger partial charge in [-0.25, -0.2) is 14.2 Å². The predicted molar refractivity (Wildman–Crippen MR) is 139 cm³/mol. The Morgan fingerprint density at radius 3 is 2.50 bits per heavy atom. The van der Waals surface area contributed by atoms with Crippen molar-refractivity contribution in [3.8, 4) is 22.8 Å². The highest BCUT2D eigenvalue weighted by Gasteiger charge is 2.18. The summed E-state index contributed by atoms with van der Waals surface area (Å²) in [6.45, 7) is 1.12. The van der Waals surface area contributed by atoms with Crippen molar-refractivity contribution in [2.45, 2.75) is 19.5 Å². The Morgan fingerprint density at radius 2 is 1.78 bits per heavy atom. The fraction of sp³-hybridized carbons (Fsp3) is 0.111. The maximum atomic E-state index is 14.3. The molecule has 36 heavy (non-hydrogen) atoms. The number of imidazole rings is 2. The van der Waals surface area contributed by atoms with Crippen LogP contribution in [0.3, 0.4) is 0 Å². The van der Waals surface area contributed by atoms with E-state index in [4.69, 9.17) is 16.3 Å². The number of anilines is 2. The Morgan fingerprint density at radius 1 is 1.00 bits per heavy atom. The summed E-state index contributed by atoms with van der Waals surface area (Å²) in [7, 11) is 0. The van der Waals surface area contributed by atoms with Gasteiger partial charge in [0.05, 0.1) is 17.0 Å². The fourth-order valence-electron chi connectivity index (χ4n) is 3.92. The molecule has 0 radical (unpaired) electrons. The zero-order valence-electron chi connectivity index (χ0n) is 19.2. The van der Waals surface area contributed by atoms with Gasteiger partial charge in [-0.15, -0.1) is 0 Å². The van der Waals surface area contributed by atoms with Crippen LogP contribution in [-0.2, 0) is 13.1 Å². The van der Waals surface area contributed by atoms with Gasteiger partial charge in [-0.3, -0.25) is 9.55 Å². The van der Waals surface area contributed by atoms with Crippen LogP contribution in [0.4, 0.5) is 15.9 Å². The minimum absolute atomic E-state index is 0.0202. The number of rotatable bonds is 9. The maximum absolute atomic E-state index is 14.3. The number of H-pyrrole nitrogens is 1. The first-order valence-corrected chi connectivity index (χ1v) is 11.8. The third-order valence-corrected chi connectivity index (χ3v) is 5.94. The van der Waals surface area contributed by atoms with Crippen molar-refractivity contribution in [1.82, 2.24) is 19.1 Å². The third kappa shape index (κ3) is 5.34. The van der Waals surface area contributed by atoms with E-state index in [1.807, 2.05) is 65.4 Å². The molecule has 0 aliphatic carbocycles. The average molecular weight is 504 g/mol. The molecule has 0 amide bonds. The molecule has 2 N–H and O–H groups in total. The summed E-state index contributed by atoms with van der Waals surface area (Å²) in [5, 5.41) is 3.28. The molecule has 182 valence electrons. The van der Waals surface area contributed by atoms with Crippen LogP contribution in [0.15, 0.2) is 96.3 Å². The first-order valence-electron chi connectivity index (χ1n) is 11.4. The van der Waals surface area contributed by atoms with Gasteiger partial charge in [-0.05, 0) is 55.0 Å². The SMILES string of the molecule is O=c1[nH]c(Nc2ccc(Oc3ccccc3)cc2)c(-c2ccc(Cl)c(F)c2)n1CCCn1ccnc1. The monoisotopic (exact) mass is 503 g/mol. The van der Waals surface area contributed by atoms with E-state index in [2.05, 4.69) is 15.3 Å². The minimum atomic E-state index is -0.554. The van der Waals surface area contributed by atoms with Crippen LogP contribution in [0, 0.1) is 5.82 Å². The molecule has 0 spiro atoms. The summed E-state index contributed by atoms with van der Waals surface area (Å²) in [6.07, 6.45) is 5.99. The van der Waals surface area contributed by atoms with E-state index in [9.17, 15) is 9.18 Å². The van der Waals surface area contributed by atoms with Gasteiger partial charge in [0.25, 0.3) is 0 Å². The van der Waals surface area contributed by atoms with Crippen molar-refractivity contribution in [1.29, 1.82) is 0 Å². The fourth-order valence-corrected chi connectivity index (χ4v) is 4.04. The van der Waals surface area contributed by atoms with Gasteiger partial charge in [0.2, 0.25) is 0 Å². The predicted octanol–water partition coefficient (Wildman–Crippen LogP) is 6.46. The summed E-state index contributed by atoms with van der Waals surface area (Å²) < 4.78 is 23.7. The normalized spacial score (nSPS) is 10.9. The number of aromatic amines is 1. The van der Waals surface area contributed by atoms with Gasteiger partial charge in [-0.1, -0.05) is 35.9 Å². The molecule has 0 aliphatic rings. The van der Waals surface area contributed by atoms with Crippen LogP contribution >= 0.6 is 11.6 Å². The van der Waals surface area contributed by atoms with Gasteiger partial charge in [0.15, 0.2) is 0 Å². The number of halogens is 2. The Kier molecular flexibility index (Phi) is 6.86. The number of nitrogens with zero attached hydrogens (tertiary/aromatic N) is 3. The number of hydrogen-bond acceptors (Lipinski definition) is 4. The Labute approximate surface area is 211 Å². The summed E-state index contributed by atoms with van der Waals surface area (Å²) in [6, 6.07) is 21.4. The van der Waals surface area contributed by atoms with Crippen LogP contribution in [0.5, 0.6) is 11.5 Å². The number of aromatic nitrogens is 4. The van der Waals surface area contributed by atoms with E-state index in [1.54, 1.807) is 23.2 Å². The lowest BCUT2D eigenvalue weighted by Crippen LogP contribution is -2.18. The molecule has 5 rings (SSSR count). The van der Waals surface area contributed by atoms with Crippen molar-refractivity contribution in [2.24, 2.45) is 0 Å². The summed E-state index contributed by atoms with van der Waals surface area (Å²) >= 11 is 5.91. The topological polar surface area (TPSA) is 76.9 Å². The van der Waals surface area contributed by atoms with Crippen molar-refractivity contribution in [2.75, 3.05) is 5.32 Å². The molecular formula is C27H23ClFN5O2. The van der Waals surface area contributed by atoms with Gasteiger partial charge in [0, 0.05) is 36.7 Å². The quantitative estimate of drug-likeness (QED) is 0.242. The lowest BCUT2D eigenvalue weighted by atomic mass is 10.1. The largest absolute Gasteiger partial charge is 0.457 e. The Balaban J connectivity index is 1.42. The first kappa shape index (κ1) is 23.4. The lowest BCUT2D eigenvalue weighted by Gasteiger charge is -2.13. The van der Waals surface area contributed by atoms with Crippen LogP contribution in [0.25, 0.3) is 11.3 Å². The number of benzene rings is 3. The molecule has 2 heterocycles. The molecule has 9 heteroatoms. The summed E-state index contributed by atoms with van der Waals surface area (Å²) in [5.74, 6) is 1.32. The van der Waals surface area contributed by atoms with Gasteiger partial charge in [-0.2, -0.15) is 0 Å². The van der Waals surface area contributed by atoms with E-state index in [0.717, 1.165) is 11.4 Å². The molecule has 0 unspecified atom stereocenters. The number of ether oxygens (including phenoxy) is 1. The number of nitrogens with one attached hydrogen (secondary N) is 2. The van der Waals surface area contributed by atoms with Gasteiger partial charge < -0.3 is 14.6 Å². The summed E-state index contributed by atoms with van der Waals surface area (Å²) in [4.78, 5) is 19.9. The second kappa shape index (κ2) is 10.5. The van der Waals surface area contributed by atoms with Gasteiger partial charge >= 0.3 is 5.69 Å². The molecule has 0 saturated carbocycles. The molecule has 0 saturated heterocycles. The molecule has 0 aliphatic heterocycles. The standard InChI is InChI=1S/C27H23ClFN5O2/c28-23-12-7-19(17-24(23)29)25-26(32-27(35)34(25)15-4-14-33-16-13-30-18-33)31-20-8-10-22(11-9-20)36-21-5-2-1-3-6-21/h1-3,5-13,16-18,31H,4,14-15H2,(H,32,35). The van der Waals surface area contributed by atoms with E-state index in [-0.39, 0.29) is 10.7 Å². The third-order valence-electron chi connectivity index (χ3n) is 5.64. The van der Waals surface area contributed by atoms with Crippen molar-refractivity contribution >= 4 is 23.1 Å².